The van der Waals surface area contributed by atoms with Crippen molar-refractivity contribution in [3.8, 4) is 28.5 Å². The van der Waals surface area contributed by atoms with Crippen molar-refractivity contribution in [3.63, 3.8) is 0 Å². The van der Waals surface area contributed by atoms with E-state index in [2.05, 4.69) is 15.0 Å². The first-order chi connectivity index (χ1) is 24.5. The molecule has 14 heteroatoms. The molecule has 4 amide bonds. The quantitative estimate of drug-likeness (QED) is 0.329. The van der Waals surface area contributed by atoms with Gasteiger partial charge in [-0.3, -0.25) is 14.3 Å². The number of ether oxygens (including phenoxy) is 3. The number of allylic oxidation sites excluding steroid dienone is 1. The lowest BCUT2D eigenvalue weighted by Gasteiger charge is -2.30. The Morgan fingerprint density at radius 3 is 2.53 bits per heavy atom. The highest BCUT2D eigenvalue weighted by molar-refractivity contribution is 7.91. The smallest absolute Gasteiger partial charge is 0.320 e. The maximum Gasteiger partial charge on any atom is 0.320 e. The van der Waals surface area contributed by atoms with Gasteiger partial charge in [0.15, 0.2) is 0 Å². The number of benzene rings is 2. The van der Waals surface area contributed by atoms with Gasteiger partial charge < -0.3 is 29.3 Å². The number of fused-ring (bicyclic) bond motifs is 3. The molecule has 2 saturated carbocycles. The summed E-state index contributed by atoms with van der Waals surface area (Å²) in [6, 6.07) is 12.0. The van der Waals surface area contributed by atoms with Crippen LogP contribution >= 0.6 is 0 Å². The molecule has 2 aromatic carbocycles. The first kappa shape index (κ1) is 34.6. The van der Waals surface area contributed by atoms with Gasteiger partial charge in [-0.25, -0.2) is 18.2 Å². The summed E-state index contributed by atoms with van der Waals surface area (Å²) in [4.78, 5) is 49.2. The Bertz CT molecular complexity index is 1980. The maximum atomic E-state index is 14.1. The van der Waals surface area contributed by atoms with Gasteiger partial charge in [0.05, 0.1) is 26.0 Å². The molecule has 1 aromatic heterocycles. The molecule has 2 aliphatic carbocycles. The van der Waals surface area contributed by atoms with E-state index in [9.17, 15) is 22.8 Å². The largest absolute Gasteiger partial charge is 0.497 e. The number of pyridine rings is 1. The summed E-state index contributed by atoms with van der Waals surface area (Å²) >= 11 is 0. The molecule has 7 rings (SSSR count). The van der Waals surface area contributed by atoms with Crippen molar-refractivity contribution in [2.45, 2.75) is 67.9 Å². The van der Waals surface area contributed by atoms with Crippen molar-refractivity contribution in [1.29, 1.82) is 0 Å². The molecular weight excluding hydrogens is 675 g/mol. The van der Waals surface area contributed by atoms with Crippen molar-refractivity contribution in [1.82, 2.24) is 24.8 Å². The fourth-order valence-corrected chi connectivity index (χ4v) is 8.55. The van der Waals surface area contributed by atoms with E-state index in [1.807, 2.05) is 54.6 Å². The molecule has 1 saturated heterocycles. The summed E-state index contributed by atoms with van der Waals surface area (Å²) < 4.78 is 45.3. The lowest BCUT2D eigenvalue weighted by Crippen LogP contribution is -2.57. The van der Waals surface area contributed by atoms with Crippen LogP contribution in [0.15, 0.2) is 60.8 Å². The molecule has 3 fully saturated rings. The van der Waals surface area contributed by atoms with E-state index >= 15 is 0 Å². The van der Waals surface area contributed by atoms with Gasteiger partial charge >= 0.3 is 6.03 Å². The minimum Gasteiger partial charge on any atom is -0.497 e. The van der Waals surface area contributed by atoms with Gasteiger partial charge in [-0.1, -0.05) is 24.3 Å². The predicted octanol–water partition coefficient (Wildman–Crippen LogP) is 4.02. The van der Waals surface area contributed by atoms with Crippen molar-refractivity contribution in [2.75, 3.05) is 34.4 Å². The fraction of sp³-hybridized carbons (Fsp3) is 0.459. The summed E-state index contributed by atoms with van der Waals surface area (Å²) in [5.74, 6) is 0.0965. The van der Waals surface area contributed by atoms with E-state index in [4.69, 9.17) is 14.2 Å². The van der Waals surface area contributed by atoms with Crippen LogP contribution in [0.2, 0.25) is 0 Å². The Morgan fingerprint density at radius 1 is 1.02 bits per heavy atom. The number of amides is 4. The lowest BCUT2D eigenvalue weighted by molar-refractivity contribution is -0.131. The molecule has 0 spiro atoms. The Kier molecular flexibility index (Phi) is 9.29. The third-order valence-corrected chi connectivity index (χ3v) is 12.2. The topological polar surface area (TPSA) is 156 Å². The fourth-order valence-electron chi connectivity index (χ4n) is 7.18. The van der Waals surface area contributed by atoms with Gasteiger partial charge in [0.1, 0.15) is 29.2 Å². The molecule has 4 aliphatic rings. The van der Waals surface area contributed by atoms with Crippen LogP contribution in [0.5, 0.6) is 17.4 Å². The zero-order valence-corrected chi connectivity index (χ0v) is 29.8. The van der Waals surface area contributed by atoms with Crippen molar-refractivity contribution < 1.29 is 37.0 Å². The minimum atomic E-state index is -3.84. The predicted molar refractivity (Wildman–Crippen MR) is 190 cm³/mol. The number of nitrogens with zero attached hydrogens (tertiary/aromatic N) is 3. The van der Waals surface area contributed by atoms with Crippen molar-refractivity contribution in [2.24, 2.45) is 5.92 Å². The van der Waals surface area contributed by atoms with Crippen LogP contribution in [0.4, 0.5) is 4.79 Å². The monoisotopic (exact) mass is 717 g/mol. The van der Waals surface area contributed by atoms with E-state index in [1.54, 1.807) is 32.4 Å². The van der Waals surface area contributed by atoms with Gasteiger partial charge in [0, 0.05) is 48.5 Å². The van der Waals surface area contributed by atoms with Crippen molar-refractivity contribution in [3.05, 3.63) is 60.8 Å². The standard InChI is InChI=1S/C37H43N5O8S/c1-41-19-7-5-4-6-8-24-21-37(24,35(44)40-51(46,47)27-13-14-27)39-33(43)30-20-26(22-42(30)36(41)45)50-34-29-15-16-31(49-3)32(28(29)17-18-38-34)23-9-11-25(48-2)12-10-23/h6,8-12,15-18,24,26-27,30H,4-5,7,13-14,19-22H2,1-3H3,(H,39,43)(H,40,44). The summed E-state index contributed by atoms with van der Waals surface area (Å²) in [5, 5.41) is 3.88. The van der Waals surface area contributed by atoms with Gasteiger partial charge in [0.25, 0.3) is 5.91 Å². The number of nitrogens with one attached hydrogen (secondary N) is 2. The number of rotatable bonds is 8. The summed E-state index contributed by atoms with van der Waals surface area (Å²) in [5.41, 5.74) is 0.338. The highest BCUT2D eigenvalue weighted by Crippen LogP contribution is 2.46. The summed E-state index contributed by atoms with van der Waals surface area (Å²) in [7, 11) is 1.10. The van der Waals surface area contributed by atoms with Gasteiger partial charge in [-0.05, 0) is 74.4 Å². The molecule has 4 atom stereocenters. The second-order valence-electron chi connectivity index (χ2n) is 13.8. The van der Waals surface area contributed by atoms with Crippen LogP contribution in [0, 0.1) is 5.92 Å². The van der Waals surface area contributed by atoms with E-state index in [1.165, 1.54) is 4.90 Å². The Labute approximate surface area is 297 Å². The van der Waals surface area contributed by atoms with Crippen molar-refractivity contribution >= 4 is 38.6 Å². The molecule has 2 N–H and O–H groups in total. The van der Waals surface area contributed by atoms with Crippen LogP contribution in [0.25, 0.3) is 21.9 Å². The number of sulfonamides is 1. The highest BCUT2D eigenvalue weighted by atomic mass is 32.2. The summed E-state index contributed by atoms with van der Waals surface area (Å²) in [6.45, 7) is 0.623. The van der Waals surface area contributed by atoms with Crippen LogP contribution in [0.1, 0.15) is 44.9 Å². The first-order valence-electron chi connectivity index (χ1n) is 17.4. The maximum absolute atomic E-state index is 14.1. The average Bonchev–Trinajstić information content (AvgIpc) is 4.06. The Morgan fingerprint density at radius 2 is 1.80 bits per heavy atom. The third kappa shape index (κ3) is 6.80. The minimum absolute atomic E-state index is 0.111. The SMILES string of the molecule is COc1ccc(-c2c(OC)ccc3c(OC4CC5C(=O)NC6(C(=O)NS(=O)(=O)C7CC7)CC6C=CCCCCN(C)C(=O)N5C4)nccc23)cc1. The average molecular weight is 718 g/mol. The molecule has 270 valence electrons. The van der Waals surface area contributed by atoms with Crippen LogP contribution in [-0.2, 0) is 19.6 Å². The van der Waals surface area contributed by atoms with E-state index in [-0.39, 0.29) is 31.3 Å². The highest BCUT2D eigenvalue weighted by Gasteiger charge is 2.62. The first-order valence-corrected chi connectivity index (χ1v) is 18.9. The Balaban J connectivity index is 1.18. The van der Waals surface area contributed by atoms with Crippen LogP contribution < -0.4 is 24.2 Å². The van der Waals surface area contributed by atoms with Gasteiger partial charge in [0.2, 0.25) is 21.8 Å². The zero-order valence-electron chi connectivity index (χ0n) is 29.0. The number of hydrogen-bond acceptors (Lipinski definition) is 9. The number of carbonyl (C=O) groups is 3. The molecule has 0 radical (unpaired) electrons. The molecule has 51 heavy (non-hydrogen) atoms. The molecule has 3 aromatic rings. The number of aromatic nitrogens is 1. The normalized spacial score (nSPS) is 25.4. The van der Waals surface area contributed by atoms with Gasteiger partial charge in [-0.2, -0.15) is 0 Å². The third-order valence-electron chi connectivity index (χ3n) is 10.3. The van der Waals surface area contributed by atoms with Crippen LogP contribution in [0.3, 0.4) is 0 Å². The van der Waals surface area contributed by atoms with E-state index in [0.29, 0.717) is 31.0 Å². The molecule has 0 bridgehead atoms. The molecule has 2 aliphatic heterocycles. The van der Waals surface area contributed by atoms with Crippen LogP contribution in [-0.4, -0.2) is 98.3 Å². The van der Waals surface area contributed by atoms with E-state index in [0.717, 1.165) is 46.9 Å². The second kappa shape index (κ2) is 13.7. The van der Waals surface area contributed by atoms with E-state index < -0.39 is 44.8 Å². The number of urea groups is 1. The van der Waals surface area contributed by atoms with Gasteiger partial charge in [-0.15, -0.1) is 0 Å². The molecule has 13 nitrogen and oxygen atoms in total. The number of methoxy groups -OCH3 is 2. The molecular formula is C37H43N5O8S. The molecule has 4 unspecified atom stereocenters. The number of carbonyl (C=O) groups excluding carboxylic acids is 3. The lowest BCUT2D eigenvalue weighted by atomic mass is 9.98. The zero-order chi connectivity index (χ0) is 35.9. The number of hydrogen-bond donors (Lipinski definition) is 2. The Hall–Kier alpha value is -4.85. The summed E-state index contributed by atoms with van der Waals surface area (Å²) in [6.07, 6.45) is 8.64. The molecule has 3 heterocycles. The second-order valence-corrected chi connectivity index (χ2v) is 15.8.